The summed E-state index contributed by atoms with van der Waals surface area (Å²) in [4.78, 5) is 49.0. The molecule has 2 N–H and O–H groups in total. The Morgan fingerprint density at radius 3 is 2.57 bits per heavy atom. The summed E-state index contributed by atoms with van der Waals surface area (Å²) in [7, 11) is 0. The molecule has 0 radical (unpaired) electrons. The monoisotopic (exact) mass is 386 g/mol. The number of nitrogens with one attached hydrogen (secondary N) is 2. The van der Waals surface area contributed by atoms with Crippen LogP contribution in [0.25, 0.3) is 0 Å². The Morgan fingerprint density at radius 2 is 1.86 bits per heavy atom. The van der Waals surface area contributed by atoms with Crippen molar-refractivity contribution >= 4 is 23.6 Å². The molecule has 7 nitrogen and oxygen atoms in total. The van der Waals surface area contributed by atoms with Crippen LogP contribution in [-0.4, -0.2) is 36.2 Å². The fourth-order valence-corrected chi connectivity index (χ4v) is 3.47. The summed E-state index contributed by atoms with van der Waals surface area (Å²) in [6, 6.07) is 8.63. The van der Waals surface area contributed by atoms with Gasteiger partial charge in [-0.3, -0.25) is 14.4 Å². The molecular formula is C21H26N2O5. The van der Waals surface area contributed by atoms with Gasteiger partial charge >= 0.3 is 6.09 Å². The van der Waals surface area contributed by atoms with E-state index in [0.29, 0.717) is 13.0 Å². The number of Topliss-reactive ketones (excluding diaryl/α,β-unsaturated/α-hetero) is 2. The number of rotatable bonds is 7. The first-order chi connectivity index (χ1) is 13.5. The first kappa shape index (κ1) is 20.0. The van der Waals surface area contributed by atoms with Crippen LogP contribution in [0.2, 0.25) is 0 Å². The van der Waals surface area contributed by atoms with E-state index >= 15 is 0 Å². The first-order valence-corrected chi connectivity index (χ1v) is 9.86. The number of hydrogen-bond acceptors (Lipinski definition) is 5. The van der Waals surface area contributed by atoms with Crippen LogP contribution in [0.4, 0.5) is 4.79 Å². The van der Waals surface area contributed by atoms with E-state index < -0.39 is 29.7 Å². The molecule has 1 aromatic carbocycles. The third kappa shape index (κ3) is 5.65. The molecule has 2 unspecified atom stereocenters. The van der Waals surface area contributed by atoms with E-state index in [4.69, 9.17) is 4.74 Å². The molecule has 2 atom stereocenters. The number of hydrogen-bond donors (Lipinski definition) is 2. The maximum atomic E-state index is 12.8. The molecule has 0 spiro atoms. The molecule has 1 aliphatic carbocycles. The largest absolute Gasteiger partial charge is 0.445 e. The fraction of sp³-hybridized carbons (Fsp3) is 0.524. The van der Waals surface area contributed by atoms with Crippen LogP contribution < -0.4 is 10.6 Å². The quantitative estimate of drug-likeness (QED) is 0.699. The van der Waals surface area contributed by atoms with Crippen molar-refractivity contribution in [1.82, 2.24) is 10.6 Å². The second-order valence-corrected chi connectivity index (χ2v) is 7.50. The van der Waals surface area contributed by atoms with Gasteiger partial charge in [-0.15, -0.1) is 0 Å². The molecule has 3 rings (SSSR count). The lowest BCUT2D eigenvalue weighted by molar-refractivity contribution is -0.141. The number of carbonyl (C=O) groups excluding carboxylic acids is 4. The van der Waals surface area contributed by atoms with E-state index in [1.54, 1.807) is 0 Å². The van der Waals surface area contributed by atoms with Crippen molar-refractivity contribution in [3.05, 3.63) is 35.9 Å². The van der Waals surface area contributed by atoms with Gasteiger partial charge in [0.15, 0.2) is 5.78 Å². The smallest absolute Gasteiger partial charge is 0.408 e. The molecule has 28 heavy (non-hydrogen) atoms. The highest BCUT2D eigenvalue weighted by Crippen LogP contribution is 2.34. The average Bonchev–Trinajstić information content (AvgIpc) is 3.53. The van der Waals surface area contributed by atoms with Gasteiger partial charge < -0.3 is 15.4 Å². The molecule has 1 saturated carbocycles. The molecule has 0 aromatic heterocycles. The molecule has 1 saturated heterocycles. The summed E-state index contributed by atoms with van der Waals surface area (Å²) < 4.78 is 5.22. The number of benzene rings is 1. The van der Waals surface area contributed by atoms with Crippen LogP contribution in [-0.2, 0) is 25.7 Å². The lowest BCUT2D eigenvalue weighted by Crippen LogP contribution is -2.45. The van der Waals surface area contributed by atoms with Crippen molar-refractivity contribution in [3.8, 4) is 0 Å². The van der Waals surface area contributed by atoms with Crippen molar-refractivity contribution in [2.24, 2.45) is 11.8 Å². The molecule has 2 fully saturated rings. The third-order valence-corrected chi connectivity index (χ3v) is 5.23. The second-order valence-electron chi connectivity index (χ2n) is 7.50. The zero-order valence-electron chi connectivity index (χ0n) is 15.8. The van der Waals surface area contributed by atoms with Crippen LogP contribution in [0.3, 0.4) is 0 Å². The normalized spacial score (nSPS) is 21.1. The van der Waals surface area contributed by atoms with Crippen molar-refractivity contribution in [1.29, 1.82) is 0 Å². The Hall–Kier alpha value is -2.70. The highest BCUT2D eigenvalue weighted by Gasteiger charge is 2.39. The minimum Gasteiger partial charge on any atom is -0.445 e. The predicted octanol–water partition coefficient (Wildman–Crippen LogP) is 2.14. The fourth-order valence-electron chi connectivity index (χ4n) is 3.47. The molecule has 2 aliphatic rings. The number of amides is 2. The van der Waals surface area contributed by atoms with Crippen LogP contribution >= 0.6 is 0 Å². The van der Waals surface area contributed by atoms with Gasteiger partial charge in [-0.05, 0) is 37.2 Å². The molecule has 0 bridgehead atoms. The predicted molar refractivity (Wildman–Crippen MR) is 101 cm³/mol. The van der Waals surface area contributed by atoms with Gasteiger partial charge in [0.2, 0.25) is 5.78 Å². The highest BCUT2D eigenvalue weighted by atomic mass is 16.5. The Labute approximate surface area is 164 Å². The Balaban J connectivity index is 1.55. The average molecular weight is 386 g/mol. The van der Waals surface area contributed by atoms with Crippen LogP contribution in [0.5, 0.6) is 0 Å². The van der Waals surface area contributed by atoms with Crippen molar-refractivity contribution in [2.75, 3.05) is 6.54 Å². The van der Waals surface area contributed by atoms with Gasteiger partial charge in [0.1, 0.15) is 6.61 Å². The first-order valence-electron chi connectivity index (χ1n) is 9.86. The molecule has 1 aromatic rings. The van der Waals surface area contributed by atoms with E-state index in [2.05, 4.69) is 10.6 Å². The lowest BCUT2D eigenvalue weighted by atomic mass is 9.88. The highest BCUT2D eigenvalue weighted by molar-refractivity contribution is 6.37. The van der Waals surface area contributed by atoms with Gasteiger partial charge in [0.25, 0.3) is 5.91 Å². The van der Waals surface area contributed by atoms with E-state index in [1.165, 1.54) is 0 Å². The summed E-state index contributed by atoms with van der Waals surface area (Å²) in [5, 5.41) is 5.25. The van der Waals surface area contributed by atoms with E-state index in [0.717, 1.165) is 31.2 Å². The second kappa shape index (κ2) is 9.48. The minimum atomic E-state index is -0.662. The minimum absolute atomic E-state index is 0.0214. The summed E-state index contributed by atoms with van der Waals surface area (Å²) in [5.74, 6) is -1.89. The molecule has 7 heteroatoms. The molecule has 150 valence electrons. The topological polar surface area (TPSA) is 102 Å². The van der Waals surface area contributed by atoms with E-state index in [-0.39, 0.29) is 24.7 Å². The Kier molecular flexibility index (Phi) is 6.79. The standard InChI is InChI=1S/C21H26N2O5/c24-17(12-16-8-4-5-11-22-20(26)19(16)25)18(15-9-10-15)23-21(27)28-13-14-6-2-1-3-7-14/h1-3,6-7,15-16,18H,4-5,8-13H2,(H,22,26)(H,23,27). The zero-order chi connectivity index (χ0) is 19.9. The molecule has 1 heterocycles. The summed E-state index contributed by atoms with van der Waals surface area (Å²) in [5.41, 5.74) is 0.859. The summed E-state index contributed by atoms with van der Waals surface area (Å²) >= 11 is 0. The van der Waals surface area contributed by atoms with Crippen molar-refractivity contribution < 1.29 is 23.9 Å². The van der Waals surface area contributed by atoms with E-state index in [9.17, 15) is 19.2 Å². The number of ether oxygens (including phenoxy) is 1. The van der Waals surface area contributed by atoms with Gasteiger partial charge in [0, 0.05) is 18.9 Å². The Morgan fingerprint density at radius 1 is 1.11 bits per heavy atom. The zero-order valence-corrected chi connectivity index (χ0v) is 15.8. The summed E-state index contributed by atoms with van der Waals surface area (Å²) in [6.45, 7) is 0.615. The summed E-state index contributed by atoms with van der Waals surface area (Å²) in [6.07, 6.45) is 3.14. The maximum Gasteiger partial charge on any atom is 0.408 e. The third-order valence-electron chi connectivity index (χ3n) is 5.23. The number of alkyl carbamates (subject to hydrolysis) is 1. The van der Waals surface area contributed by atoms with Gasteiger partial charge in [0.05, 0.1) is 6.04 Å². The van der Waals surface area contributed by atoms with Gasteiger partial charge in [-0.2, -0.15) is 0 Å². The Bertz CT molecular complexity index is 730. The van der Waals surface area contributed by atoms with Gasteiger partial charge in [-0.1, -0.05) is 36.8 Å². The maximum absolute atomic E-state index is 12.8. The van der Waals surface area contributed by atoms with Crippen molar-refractivity contribution in [2.45, 2.75) is 51.2 Å². The SMILES string of the molecule is O=C(NC(C(=O)CC1CCCCNC(=O)C1=O)C1CC1)OCc1ccccc1. The number of carbonyl (C=O) groups is 4. The van der Waals surface area contributed by atoms with Crippen LogP contribution in [0.15, 0.2) is 30.3 Å². The molecule has 2 amide bonds. The van der Waals surface area contributed by atoms with E-state index in [1.807, 2.05) is 30.3 Å². The van der Waals surface area contributed by atoms with Crippen LogP contribution in [0.1, 0.15) is 44.1 Å². The van der Waals surface area contributed by atoms with Gasteiger partial charge in [-0.25, -0.2) is 4.79 Å². The van der Waals surface area contributed by atoms with Crippen molar-refractivity contribution in [3.63, 3.8) is 0 Å². The molecule has 1 aliphatic heterocycles. The lowest BCUT2D eigenvalue weighted by Gasteiger charge is -2.22. The number of ketones is 2. The van der Waals surface area contributed by atoms with Crippen LogP contribution in [0, 0.1) is 11.8 Å². The molecular weight excluding hydrogens is 360 g/mol.